The maximum Gasteiger partial charge on any atom is 0.390 e. The predicted octanol–water partition coefficient (Wildman–Crippen LogP) is 6.41. The van der Waals surface area contributed by atoms with E-state index < -0.39 is 93.1 Å². The summed E-state index contributed by atoms with van der Waals surface area (Å²) in [4.78, 5) is 0. The molecule has 39 heavy (non-hydrogen) atoms. The number of hydrogen-bond donors (Lipinski definition) is 0. The van der Waals surface area contributed by atoms with Crippen LogP contribution in [0.3, 0.4) is 0 Å². The van der Waals surface area contributed by atoms with Crippen molar-refractivity contribution in [3.63, 3.8) is 0 Å². The standard InChI is InChI=1S/C12H6F3.C10H3F4.C6H2F3.Al/c13-9-6-10(12(15)11(14)7-9)8-4-2-1-3-5-8;11-6-3-1-2-5-4-7(12)9(13)10(14)8(5)6;7-4-1-2-5(8)6(9)3-4;/h1-4,6-7H;1,3-4H;1,3H;. The Balaban J connectivity index is 1.94. The lowest BCUT2D eigenvalue weighted by atomic mass is 10.0. The first-order valence-electron chi connectivity index (χ1n) is 11.1. The van der Waals surface area contributed by atoms with Crippen molar-refractivity contribution in [1.29, 1.82) is 0 Å². The molecule has 0 unspecified atom stereocenters. The Kier molecular flexibility index (Phi) is 6.91. The van der Waals surface area contributed by atoms with E-state index in [1.54, 1.807) is 0 Å². The van der Waals surface area contributed by atoms with Crippen LogP contribution >= 0.6 is 0 Å². The molecule has 196 valence electrons. The van der Waals surface area contributed by atoms with E-state index in [9.17, 15) is 39.5 Å². The van der Waals surface area contributed by atoms with Crippen LogP contribution in [0.1, 0.15) is 0 Å². The maximum atomic E-state index is 15.3. The molecule has 5 rings (SSSR count). The molecule has 11 heteroatoms. The summed E-state index contributed by atoms with van der Waals surface area (Å²) >= 11 is -3.78. The average molecular weight is 564 g/mol. The van der Waals surface area contributed by atoms with Gasteiger partial charge in [-0.2, -0.15) is 0 Å². The molecule has 0 fully saturated rings. The van der Waals surface area contributed by atoms with Crippen molar-refractivity contribution in [2.75, 3.05) is 0 Å². The Morgan fingerprint density at radius 2 is 1.03 bits per heavy atom. The number of fused-ring (bicyclic) bond motifs is 1. The molecule has 0 saturated heterocycles. The molecule has 0 N–H and O–H groups in total. The third-order valence-corrected chi connectivity index (χ3v) is 9.61. The summed E-state index contributed by atoms with van der Waals surface area (Å²) in [5.74, 6) is -15.6. The fourth-order valence-corrected chi connectivity index (χ4v) is 8.09. The molecule has 0 spiro atoms. The van der Waals surface area contributed by atoms with Gasteiger partial charge in [-0.15, -0.1) is 0 Å². The van der Waals surface area contributed by atoms with Gasteiger partial charge in [0.15, 0.2) is 34.9 Å². The predicted molar refractivity (Wildman–Crippen MR) is 127 cm³/mol. The molecular weight excluding hydrogens is 553 g/mol. The molecule has 0 heterocycles. The van der Waals surface area contributed by atoms with E-state index in [4.69, 9.17) is 0 Å². The lowest BCUT2D eigenvalue weighted by Gasteiger charge is -2.21. The third-order valence-electron chi connectivity index (χ3n) is 6.32. The normalized spacial score (nSPS) is 11.3. The molecule has 0 nitrogen and oxygen atoms in total. The minimum Gasteiger partial charge on any atom is -0.207 e. The summed E-state index contributed by atoms with van der Waals surface area (Å²) in [5, 5.41) is -1.59. The van der Waals surface area contributed by atoms with Crippen molar-refractivity contribution in [3.8, 4) is 11.1 Å². The first-order chi connectivity index (χ1) is 18.5. The van der Waals surface area contributed by atoms with Gasteiger partial charge in [0, 0.05) is 17.7 Å². The Morgan fingerprint density at radius 1 is 0.410 bits per heavy atom. The molecule has 0 aliphatic heterocycles. The minimum atomic E-state index is -3.78. The highest BCUT2D eigenvalue weighted by Gasteiger charge is 2.35. The lowest BCUT2D eigenvalue weighted by molar-refractivity contribution is 0.451. The Morgan fingerprint density at radius 3 is 1.74 bits per heavy atom. The molecular formula is C28H11AlF10. The lowest BCUT2D eigenvalue weighted by Crippen LogP contribution is -2.54. The van der Waals surface area contributed by atoms with E-state index >= 15 is 4.39 Å². The van der Waals surface area contributed by atoms with Gasteiger partial charge in [0.05, 0.1) is 5.39 Å². The smallest absolute Gasteiger partial charge is 0.207 e. The van der Waals surface area contributed by atoms with Crippen molar-refractivity contribution in [2.45, 2.75) is 0 Å². The van der Waals surface area contributed by atoms with Crippen LogP contribution in [0, 0.1) is 58.2 Å². The van der Waals surface area contributed by atoms with Gasteiger partial charge in [0.2, 0.25) is 0 Å². The highest BCUT2D eigenvalue weighted by Crippen LogP contribution is 2.28. The van der Waals surface area contributed by atoms with Crippen LogP contribution in [0.15, 0.2) is 66.7 Å². The Hall–Kier alpha value is -3.81. The second-order valence-electron chi connectivity index (χ2n) is 8.61. The number of hydrogen-bond acceptors (Lipinski definition) is 0. The minimum absolute atomic E-state index is 0.0941. The van der Waals surface area contributed by atoms with Gasteiger partial charge in [-0.05, 0) is 35.2 Å². The van der Waals surface area contributed by atoms with Crippen molar-refractivity contribution in [1.82, 2.24) is 0 Å². The number of rotatable bonds is 4. The quantitative estimate of drug-likeness (QED) is 0.102. The molecule has 0 aliphatic rings. The maximum absolute atomic E-state index is 15.3. The van der Waals surface area contributed by atoms with E-state index in [2.05, 4.69) is 0 Å². The summed E-state index contributed by atoms with van der Waals surface area (Å²) in [6.45, 7) is 0. The monoisotopic (exact) mass is 564 g/mol. The van der Waals surface area contributed by atoms with Crippen molar-refractivity contribution in [3.05, 3.63) is 125 Å². The topological polar surface area (TPSA) is 0 Å². The molecule has 0 bridgehead atoms. The van der Waals surface area contributed by atoms with E-state index in [0.29, 0.717) is 24.3 Å². The fraction of sp³-hybridized carbons (Fsp3) is 0. The van der Waals surface area contributed by atoms with Crippen molar-refractivity contribution in [2.24, 2.45) is 0 Å². The van der Waals surface area contributed by atoms with Crippen LogP contribution < -0.4 is 13.3 Å². The van der Waals surface area contributed by atoms with E-state index in [-0.39, 0.29) is 26.5 Å². The SMILES string of the molecule is Fc1cc(F)c(F)c(-c2cccc[c]2[Al]([c]2cc(F)cc(F)c2F)[c]2ccc(F)c3c(F)c(F)c(F)cc23)c1. The van der Waals surface area contributed by atoms with Gasteiger partial charge in [-0.25, -0.2) is 43.9 Å². The second kappa shape index (κ2) is 10.1. The van der Waals surface area contributed by atoms with E-state index in [0.717, 1.165) is 6.07 Å². The van der Waals surface area contributed by atoms with Crippen LogP contribution in [0.4, 0.5) is 43.9 Å². The van der Waals surface area contributed by atoms with Crippen molar-refractivity contribution >= 4 is 38.2 Å². The second-order valence-corrected chi connectivity index (χ2v) is 11.3. The summed E-state index contributed by atoms with van der Waals surface area (Å²) in [7, 11) is 0. The first kappa shape index (κ1) is 26.8. The summed E-state index contributed by atoms with van der Waals surface area (Å²) in [6.07, 6.45) is 0. The van der Waals surface area contributed by atoms with Crippen LogP contribution in [0.25, 0.3) is 21.9 Å². The van der Waals surface area contributed by atoms with Gasteiger partial charge in [0.25, 0.3) is 0 Å². The van der Waals surface area contributed by atoms with Gasteiger partial charge < -0.3 is 0 Å². The summed E-state index contributed by atoms with van der Waals surface area (Å²) < 4.78 is 144. The van der Waals surface area contributed by atoms with Crippen LogP contribution in [-0.4, -0.2) is 14.1 Å². The van der Waals surface area contributed by atoms with Crippen LogP contribution in [0.5, 0.6) is 0 Å². The highest BCUT2D eigenvalue weighted by molar-refractivity contribution is 6.97. The molecule has 5 aromatic rings. The highest BCUT2D eigenvalue weighted by atomic mass is 27.2. The van der Waals surface area contributed by atoms with E-state index in [1.165, 1.54) is 24.3 Å². The first-order valence-corrected chi connectivity index (χ1v) is 12.9. The molecule has 0 radical (unpaired) electrons. The fourth-order valence-electron chi connectivity index (χ4n) is 4.68. The van der Waals surface area contributed by atoms with Gasteiger partial charge >= 0.3 is 14.1 Å². The number of halogens is 10. The van der Waals surface area contributed by atoms with Crippen molar-refractivity contribution < 1.29 is 43.9 Å². The third kappa shape index (κ3) is 4.56. The van der Waals surface area contributed by atoms with Gasteiger partial charge in [0.1, 0.15) is 23.3 Å². The van der Waals surface area contributed by atoms with Crippen LogP contribution in [0.2, 0.25) is 0 Å². The van der Waals surface area contributed by atoms with Gasteiger partial charge in [-0.3, -0.25) is 0 Å². The number of benzene rings is 5. The molecule has 0 aromatic heterocycles. The Labute approximate surface area is 218 Å². The zero-order valence-corrected chi connectivity index (χ0v) is 20.4. The molecule has 5 aromatic carbocycles. The zero-order chi connectivity index (χ0) is 28.2. The summed E-state index contributed by atoms with van der Waals surface area (Å²) in [6, 6.07) is 9.03. The van der Waals surface area contributed by atoms with Crippen LogP contribution in [-0.2, 0) is 0 Å². The molecule has 0 saturated carbocycles. The summed E-state index contributed by atoms with van der Waals surface area (Å²) in [5.41, 5.74) is -0.859. The molecule has 0 amide bonds. The zero-order valence-electron chi connectivity index (χ0n) is 19.2. The average Bonchev–Trinajstić information content (AvgIpc) is 2.89. The van der Waals surface area contributed by atoms with Gasteiger partial charge in [-0.1, -0.05) is 43.6 Å². The largest absolute Gasteiger partial charge is 0.390 e. The Bertz CT molecular complexity index is 1780. The molecule has 0 aliphatic carbocycles. The van der Waals surface area contributed by atoms with E-state index in [1.807, 2.05) is 0 Å². The molecule has 0 atom stereocenters.